The SMILES string of the molecule is CCc1cc(N)c(OC)c(N)c1. The number of hydrogen-bond acceptors (Lipinski definition) is 3. The zero-order valence-corrected chi connectivity index (χ0v) is 7.42. The number of hydrogen-bond donors (Lipinski definition) is 2. The second-order valence-corrected chi connectivity index (χ2v) is 2.66. The van der Waals surface area contributed by atoms with Crippen molar-refractivity contribution in [3.8, 4) is 5.75 Å². The highest BCUT2D eigenvalue weighted by Crippen LogP contribution is 2.30. The van der Waals surface area contributed by atoms with Gasteiger partial charge in [-0.2, -0.15) is 0 Å². The highest BCUT2D eigenvalue weighted by Gasteiger charge is 2.04. The minimum absolute atomic E-state index is 0.576. The molecule has 0 saturated carbocycles. The topological polar surface area (TPSA) is 61.3 Å². The van der Waals surface area contributed by atoms with Crippen molar-refractivity contribution < 1.29 is 4.74 Å². The summed E-state index contributed by atoms with van der Waals surface area (Å²) in [4.78, 5) is 0. The third-order valence-electron chi connectivity index (χ3n) is 1.82. The van der Waals surface area contributed by atoms with Crippen LogP contribution in [0.2, 0.25) is 0 Å². The maximum atomic E-state index is 5.70. The van der Waals surface area contributed by atoms with Crippen molar-refractivity contribution in [1.82, 2.24) is 0 Å². The van der Waals surface area contributed by atoms with Crippen molar-refractivity contribution in [3.63, 3.8) is 0 Å². The summed E-state index contributed by atoms with van der Waals surface area (Å²) in [5.41, 5.74) is 13.7. The van der Waals surface area contributed by atoms with E-state index in [9.17, 15) is 0 Å². The molecule has 0 aliphatic carbocycles. The molecule has 0 spiro atoms. The molecule has 3 heteroatoms. The first-order valence-electron chi connectivity index (χ1n) is 3.91. The van der Waals surface area contributed by atoms with Gasteiger partial charge in [-0.25, -0.2) is 0 Å². The normalized spacial score (nSPS) is 9.83. The summed E-state index contributed by atoms with van der Waals surface area (Å²) in [6, 6.07) is 3.77. The molecule has 0 bridgehead atoms. The molecule has 12 heavy (non-hydrogen) atoms. The molecule has 1 aromatic rings. The molecule has 0 fully saturated rings. The van der Waals surface area contributed by atoms with E-state index in [1.54, 1.807) is 7.11 Å². The van der Waals surface area contributed by atoms with Crippen LogP contribution in [0, 0.1) is 0 Å². The zero-order chi connectivity index (χ0) is 9.14. The fraction of sp³-hybridized carbons (Fsp3) is 0.333. The molecule has 0 saturated heterocycles. The van der Waals surface area contributed by atoms with Gasteiger partial charge in [-0.1, -0.05) is 6.92 Å². The summed E-state index contributed by atoms with van der Waals surface area (Å²) in [5, 5.41) is 0. The molecule has 0 heterocycles. The number of nitrogen functional groups attached to an aromatic ring is 2. The van der Waals surface area contributed by atoms with Crippen LogP contribution < -0.4 is 16.2 Å². The highest BCUT2D eigenvalue weighted by molar-refractivity contribution is 5.68. The molecular formula is C9H14N2O. The zero-order valence-electron chi connectivity index (χ0n) is 7.42. The minimum atomic E-state index is 0.576. The predicted octanol–water partition coefficient (Wildman–Crippen LogP) is 1.42. The Balaban J connectivity index is 3.18. The van der Waals surface area contributed by atoms with Crippen molar-refractivity contribution in [3.05, 3.63) is 17.7 Å². The lowest BCUT2D eigenvalue weighted by Crippen LogP contribution is -1.99. The van der Waals surface area contributed by atoms with Crippen molar-refractivity contribution in [1.29, 1.82) is 0 Å². The molecule has 0 aliphatic heterocycles. The Kier molecular flexibility index (Phi) is 2.43. The Morgan fingerprint density at radius 3 is 2.08 bits per heavy atom. The molecule has 66 valence electrons. The molecule has 0 aliphatic rings. The van der Waals surface area contributed by atoms with Gasteiger partial charge < -0.3 is 16.2 Å². The van der Waals surface area contributed by atoms with E-state index in [-0.39, 0.29) is 0 Å². The first kappa shape index (κ1) is 8.71. The third-order valence-corrected chi connectivity index (χ3v) is 1.82. The second-order valence-electron chi connectivity index (χ2n) is 2.66. The van der Waals surface area contributed by atoms with Crippen LogP contribution in [-0.4, -0.2) is 7.11 Å². The van der Waals surface area contributed by atoms with Crippen LogP contribution in [0.4, 0.5) is 11.4 Å². The Morgan fingerprint density at radius 1 is 1.25 bits per heavy atom. The van der Waals surface area contributed by atoms with E-state index >= 15 is 0 Å². The lowest BCUT2D eigenvalue weighted by Gasteiger charge is -2.09. The van der Waals surface area contributed by atoms with Crippen molar-refractivity contribution >= 4 is 11.4 Å². The summed E-state index contributed by atoms with van der Waals surface area (Å²) in [6.45, 7) is 2.06. The smallest absolute Gasteiger partial charge is 0.164 e. The van der Waals surface area contributed by atoms with Crippen LogP contribution >= 0.6 is 0 Å². The fourth-order valence-electron chi connectivity index (χ4n) is 1.18. The lowest BCUT2D eigenvalue weighted by atomic mass is 10.1. The molecule has 0 atom stereocenters. The van der Waals surface area contributed by atoms with Gasteiger partial charge >= 0.3 is 0 Å². The largest absolute Gasteiger partial charge is 0.492 e. The molecule has 0 amide bonds. The second kappa shape index (κ2) is 3.34. The number of nitrogens with two attached hydrogens (primary N) is 2. The van der Waals surface area contributed by atoms with E-state index in [0.29, 0.717) is 17.1 Å². The number of benzene rings is 1. The summed E-state index contributed by atoms with van der Waals surface area (Å²) >= 11 is 0. The summed E-state index contributed by atoms with van der Waals surface area (Å²) in [6.07, 6.45) is 0.929. The molecule has 4 N–H and O–H groups in total. The number of aryl methyl sites for hydroxylation is 1. The summed E-state index contributed by atoms with van der Waals surface area (Å²) < 4.78 is 5.03. The van der Waals surface area contributed by atoms with E-state index in [4.69, 9.17) is 16.2 Å². The van der Waals surface area contributed by atoms with Gasteiger partial charge in [-0.05, 0) is 24.1 Å². The Bertz CT molecular complexity index is 261. The number of methoxy groups -OCH3 is 1. The Hall–Kier alpha value is -1.38. The van der Waals surface area contributed by atoms with E-state index in [0.717, 1.165) is 12.0 Å². The van der Waals surface area contributed by atoms with Crippen LogP contribution in [0.15, 0.2) is 12.1 Å². The van der Waals surface area contributed by atoms with Crippen LogP contribution in [0.5, 0.6) is 5.75 Å². The van der Waals surface area contributed by atoms with Gasteiger partial charge in [0.25, 0.3) is 0 Å². The maximum absolute atomic E-state index is 5.70. The van der Waals surface area contributed by atoms with Crippen LogP contribution in [-0.2, 0) is 6.42 Å². The van der Waals surface area contributed by atoms with Gasteiger partial charge in [0.1, 0.15) is 0 Å². The number of anilines is 2. The molecule has 0 aromatic heterocycles. The molecule has 3 nitrogen and oxygen atoms in total. The molecule has 0 unspecified atom stereocenters. The summed E-state index contributed by atoms with van der Waals surface area (Å²) in [5.74, 6) is 0.576. The van der Waals surface area contributed by atoms with Crippen molar-refractivity contribution in [2.24, 2.45) is 0 Å². The van der Waals surface area contributed by atoms with Crippen molar-refractivity contribution in [2.45, 2.75) is 13.3 Å². The van der Waals surface area contributed by atoms with Crippen LogP contribution in [0.3, 0.4) is 0 Å². The number of rotatable bonds is 2. The van der Waals surface area contributed by atoms with Gasteiger partial charge in [-0.15, -0.1) is 0 Å². The molecule has 0 radical (unpaired) electrons. The quantitative estimate of drug-likeness (QED) is 0.653. The molecular weight excluding hydrogens is 152 g/mol. The van der Waals surface area contributed by atoms with Gasteiger partial charge in [-0.3, -0.25) is 0 Å². The molecule has 1 aromatic carbocycles. The maximum Gasteiger partial charge on any atom is 0.164 e. The Morgan fingerprint density at radius 2 is 1.75 bits per heavy atom. The van der Waals surface area contributed by atoms with Gasteiger partial charge in [0, 0.05) is 0 Å². The first-order valence-corrected chi connectivity index (χ1v) is 3.91. The lowest BCUT2D eigenvalue weighted by molar-refractivity contribution is 0.419. The van der Waals surface area contributed by atoms with Crippen LogP contribution in [0.25, 0.3) is 0 Å². The third kappa shape index (κ3) is 1.44. The Labute approximate surface area is 72.3 Å². The van der Waals surface area contributed by atoms with Crippen LogP contribution in [0.1, 0.15) is 12.5 Å². The van der Waals surface area contributed by atoms with E-state index < -0.39 is 0 Å². The van der Waals surface area contributed by atoms with Gasteiger partial charge in [0.2, 0.25) is 0 Å². The van der Waals surface area contributed by atoms with E-state index in [1.165, 1.54) is 0 Å². The fourth-order valence-corrected chi connectivity index (χ4v) is 1.18. The summed E-state index contributed by atoms with van der Waals surface area (Å²) in [7, 11) is 1.56. The standard InChI is InChI=1S/C9H14N2O/c1-3-6-4-7(10)9(12-2)8(11)5-6/h4-5H,3,10-11H2,1-2H3. The van der Waals surface area contributed by atoms with E-state index in [1.807, 2.05) is 12.1 Å². The van der Waals surface area contributed by atoms with Gasteiger partial charge in [0.05, 0.1) is 18.5 Å². The monoisotopic (exact) mass is 166 g/mol. The number of ether oxygens (including phenoxy) is 1. The average Bonchev–Trinajstić information content (AvgIpc) is 2.03. The predicted molar refractivity (Wildman–Crippen MR) is 51.2 cm³/mol. The van der Waals surface area contributed by atoms with Crippen molar-refractivity contribution in [2.75, 3.05) is 18.6 Å². The minimum Gasteiger partial charge on any atom is -0.492 e. The van der Waals surface area contributed by atoms with Gasteiger partial charge in [0.15, 0.2) is 5.75 Å². The average molecular weight is 166 g/mol. The molecule has 1 rings (SSSR count). The van der Waals surface area contributed by atoms with E-state index in [2.05, 4.69) is 6.92 Å². The first-order chi connectivity index (χ1) is 5.69. The highest BCUT2D eigenvalue weighted by atomic mass is 16.5.